The lowest BCUT2D eigenvalue weighted by Gasteiger charge is -2.35. The highest BCUT2D eigenvalue weighted by Crippen LogP contribution is 2.24. The number of piperidine rings is 1. The van der Waals surface area contributed by atoms with E-state index in [0.29, 0.717) is 12.1 Å². The maximum Gasteiger partial charge on any atom is 0.0406 e. The summed E-state index contributed by atoms with van der Waals surface area (Å²) in [6, 6.07) is 9.24. The van der Waals surface area contributed by atoms with Crippen molar-refractivity contribution in [1.82, 2.24) is 10.2 Å². The van der Waals surface area contributed by atoms with Crippen molar-refractivity contribution < 1.29 is 0 Å². The van der Waals surface area contributed by atoms with Gasteiger partial charge in [-0.15, -0.1) is 0 Å². The first kappa shape index (κ1) is 15.8. The summed E-state index contributed by atoms with van der Waals surface area (Å²) in [6.07, 6.45) is 3.77. The summed E-state index contributed by atoms with van der Waals surface area (Å²) >= 11 is 5.98. The van der Waals surface area contributed by atoms with Gasteiger partial charge in [0.15, 0.2) is 0 Å². The topological polar surface area (TPSA) is 15.3 Å². The van der Waals surface area contributed by atoms with Crippen molar-refractivity contribution in [2.24, 2.45) is 5.92 Å². The molecule has 20 heavy (non-hydrogen) atoms. The van der Waals surface area contributed by atoms with Crippen LogP contribution >= 0.6 is 11.6 Å². The molecule has 0 spiro atoms. The summed E-state index contributed by atoms with van der Waals surface area (Å²) in [5, 5.41) is 4.63. The second-order valence-electron chi connectivity index (χ2n) is 6.13. The molecule has 1 aliphatic rings. The Morgan fingerprint density at radius 2 is 2.05 bits per heavy atom. The summed E-state index contributed by atoms with van der Waals surface area (Å²) in [6.45, 7) is 7.04. The maximum absolute atomic E-state index is 5.98. The molecule has 3 heteroatoms. The van der Waals surface area contributed by atoms with Crippen LogP contribution in [0, 0.1) is 5.92 Å². The summed E-state index contributed by atoms with van der Waals surface area (Å²) in [5.41, 5.74) is 1.34. The second-order valence-corrected chi connectivity index (χ2v) is 6.57. The molecule has 3 atom stereocenters. The molecule has 0 radical (unpaired) electrons. The molecule has 2 nitrogen and oxygen atoms in total. The predicted octanol–water partition coefficient (Wildman–Crippen LogP) is 4.11. The molecular weight excluding hydrogens is 268 g/mol. The molecule has 3 unspecified atom stereocenters. The minimum Gasteiger partial charge on any atom is -0.307 e. The van der Waals surface area contributed by atoms with Crippen molar-refractivity contribution in [3.05, 3.63) is 34.9 Å². The van der Waals surface area contributed by atoms with Gasteiger partial charge < -0.3 is 10.2 Å². The van der Waals surface area contributed by atoms with Crippen LogP contribution in [0.15, 0.2) is 24.3 Å². The SMILES string of the molecule is CCC(NC(C)C1CCCN(C)C1)c1ccc(Cl)cc1. The third-order valence-electron chi connectivity index (χ3n) is 4.51. The molecule has 1 aromatic rings. The molecule has 2 rings (SSSR count). The predicted molar refractivity (Wildman–Crippen MR) is 87.3 cm³/mol. The number of halogens is 1. The van der Waals surface area contributed by atoms with Gasteiger partial charge in [0.1, 0.15) is 0 Å². The van der Waals surface area contributed by atoms with E-state index in [1.54, 1.807) is 0 Å². The lowest BCUT2D eigenvalue weighted by Crippen LogP contribution is -2.44. The highest BCUT2D eigenvalue weighted by Gasteiger charge is 2.24. The van der Waals surface area contributed by atoms with Crippen molar-refractivity contribution >= 4 is 11.6 Å². The van der Waals surface area contributed by atoms with Gasteiger partial charge in [0, 0.05) is 23.7 Å². The number of hydrogen-bond donors (Lipinski definition) is 1. The van der Waals surface area contributed by atoms with Crippen LogP contribution in [0.2, 0.25) is 5.02 Å². The fraction of sp³-hybridized carbons (Fsp3) is 0.647. The zero-order valence-electron chi connectivity index (χ0n) is 12.9. The zero-order chi connectivity index (χ0) is 14.5. The molecule has 112 valence electrons. The van der Waals surface area contributed by atoms with Crippen molar-refractivity contribution in [3.8, 4) is 0 Å². The lowest BCUT2D eigenvalue weighted by molar-refractivity contribution is 0.172. The Hall–Kier alpha value is -0.570. The lowest BCUT2D eigenvalue weighted by atomic mass is 9.90. The van der Waals surface area contributed by atoms with Gasteiger partial charge in [-0.1, -0.05) is 30.7 Å². The first-order valence-electron chi connectivity index (χ1n) is 7.80. The Bertz CT molecular complexity index is 404. The second kappa shape index (κ2) is 7.44. The Balaban J connectivity index is 1.96. The van der Waals surface area contributed by atoms with Gasteiger partial charge in [-0.05, 0) is 63.4 Å². The highest BCUT2D eigenvalue weighted by atomic mass is 35.5. The van der Waals surface area contributed by atoms with Crippen LogP contribution in [0.3, 0.4) is 0 Å². The zero-order valence-corrected chi connectivity index (χ0v) is 13.7. The van der Waals surface area contributed by atoms with Crippen LogP contribution in [0.25, 0.3) is 0 Å². The fourth-order valence-electron chi connectivity index (χ4n) is 3.21. The number of rotatable bonds is 5. The Morgan fingerprint density at radius 1 is 1.35 bits per heavy atom. The van der Waals surface area contributed by atoms with Crippen molar-refractivity contribution in [2.45, 2.75) is 45.2 Å². The summed E-state index contributed by atoms with van der Waals surface area (Å²) in [5.74, 6) is 0.759. The largest absolute Gasteiger partial charge is 0.307 e. The molecule has 0 aliphatic carbocycles. The summed E-state index contributed by atoms with van der Waals surface area (Å²) in [4.78, 5) is 2.45. The Labute approximate surface area is 128 Å². The molecule has 0 bridgehead atoms. The van der Waals surface area contributed by atoms with E-state index < -0.39 is 0 Å². The average molecular weight is 295 g/mol. The van der Waals surface area contributed by atoms with Gasteiger partial charge in [0.2, 0.25) is 0 Å². The molecule has 0 amide bonds. The van der Waals surface area contributed by atoms with Gasteiger partial charge in [0.05, 0.1) is 0 Å². The van der Waals surface area contributed by atoms with Gasteiger partial charge in [-0.25, -0.2) is 0 Å². The van der Waals surface area contributed by atoms with Gasteiger partial charge in [-0.3, -0.25) is 0 Å². The van der Waals surface area contributed by atoms with E-state index in [9.17, 15) is 0 Å². The van der Waals surface area contributed by atoms with E-state index >= 15 is 0 Å². The number of nitrogens with zero attached hydrogens (tertiary/aromatic N) is 1. The van der Waals surface area contributed by atoms with Crippen molar-refractivity contribution in [1.29, 1.82) is 0 Å². The van der Waals surface area contributed by atoms with Gasteiger partial charge in [-0.2, -0.15) is 0 Å². The molecule has 1 heterocycles. The van der Waals surface area contributed by atoms with E-state index in [4.69, 9.17) is 11.6 Å². The Kier molecular flexibility index (Phi) is 5.88. The van der Waals surface area contributed by atoms with E-state index in [1.165, 1.54) is 31.5 Å². The van der Waals surface area contributed by atoms with Crippen LogP contribution < -0.4 is 5.32 Å². The fourth-order valence-corrected chi connectivity index (χ4v) is 3.34. The number of likely N-dealkylation sites (tertiary alicyclic amines) is 1. The van der Waals surface area contributed by atoms with Crippen LogP contribution in [0.5, 0.6) is 0 Å². The first-order valence-corrected chi connectivity index (χ1v) is 8.18. The van der Waals surface area contributed by atoms with E-state index in [2.05, 4.69) is 43.2 Å². The molecular formula is C17H27ClN2. The van der Waals surface area contributed by atoms with Crippen LogP contribution in [-0.4, -0.2) is 31.1 Å². The number of hydrogen-bond acceptors (Lipinski definition) is 2. The van der Waals surface area contributed by atoms with Crippen molar-refractivity contribution in [2.75, 3.05) is 20.1 Å². The normalized spacial score (nSPS) is 23.5. The molecule has 1 fully saturated rings. The Morgan fingerprint density at radius 3 is 2.65 bits per heavy atom. The van der Waals surface area contributed by atoms with Gasteiger partial charge >= 0.3 is 0 Å². The average Bonchev–Trinajstić information content (AvgIpc) is 2.45. The maximum atomic E-state index is 5.98. The summed E-state index contributed by atoms with van der Waals surface area (Å²) in [7, 11) is 2.23. The van der Waals surface area contributed by atoms with Crippen molar-refractivity contribution in [3.63, 3.8) is 0 Å². The van der Waals surface area contributed by atoms with E-state index in [-0.39, 0.29) is 0 Å². The van der Waals surface area contributed by atoms with Crippen LogP contribution in [0.1, 0.15) is 44.7 Å². The standard InChI is InChI=1S/C17H27ClN2/c1-4-17(14-7-9-16(18)10-8-14)19-13(2)15-6-5-11-20(3)12-15/h7-10,13,15,17,19H,4-6,11-12H2,1-3H3. The quantitative estimate of drug-likeness (QED) is 0.879. The monoisotopic (exact) mass is 294 g/mol. The summed E-state index contributed by atoms with van der Waals surface area (Å²) < 4.78 is 0. The smallest absolute Gasteiger partial charge is 0.0406 e. The van der Waals surface area contributed by atoms with E-state index in [1.807, 2.05) is 12.1 Å². The third kappa shape index (κ3) is 4.21. The van der Waals surface area contributed by atoms with E-state index in [0.717, 1.165) is 17.4 Å². The molecule has 0 saturated carbocycles. The molecule has 1 saturated heterocycles. The minimum atomic E-state index is 0.425. The first-order chi connectivity index (χ1) is 9.60. The molecule has 1 aliphatic heterocycles. The van der Waals surface area contributed by atoms with Crippen LogP contribution in [0.4, 0.5) is 0 Å². The third-order valence-corrected chi connectivity index (χ3v) is 4.76. The number of benzene rings is 1. The van der Waals surface area contributed by atoms with Crippen LogP contribution in [-0.2, 0) is 0 Å². The minimum absolute atomic E-state index is 0.425. The molecule has 0 aromatic heterocycles. The molecule has 1 N–H and O–H groups in total. The van der Waals surface area contributed by atoms with Gasteiger partial charge in [0.25, 0.3) is 0 Å². The highest BCUT2D eigenvalue weighted by molar-refractivity contribution is 6.30. The number of nitrogens with one attached hydrogen (secondary N) is 1. The molecule has 1 aromatic carbocycles.